The normalized spacial score (nSPS) is 31.4. The number of Topliss-reactive ketones (excluding diaryl/α,β-unsaturated/α-hetero) is 1. The topological polar surface area (TPSA) is 46.5 Å². The third kappa shape index (κ3) is 3.29. The molecule has 0 aliphatic heterocycles. The molecule has 0 aromatic rings. The smallest absolute Gasteiger partial charge is 0.138 e. The second-order valence-corrected chi connectivity index (χ2v) is 5.81. The van der Waals surface area contributed by atoms with E-state index in [9.17, 15) is 9.90 Å². The first-order valence-corrected chi connectivity index (χ1v) is 6.10. The van der Waals surface area contributed by atoms with Gasteiger partial charge in [-0.3, -0.25) is 4.79 Å². The van der Waals surface area contributed by atoms with Crippen molar-refractivity contribution >= 4 is 5.78 Å². The van der Waals surface area contributed by atoms with Crippen LogP contribution in [-0.2, 0) is 9.53 Å². The van der Waals surface area contributed by atoms with Crippen molar-refractivity contribution in [1.82, 2.24) is 0 Å². The van der Waals surface area contributed by atoms with Crippen LogP contribution in [0.1, 0.15) is 46.5 Å². The summed E-state index contributed by atoms with van der Waals surface area (Å²) in [6, 6.07) is 0. The fourth-order valence-corrected chi connectivity index (χ4v) is 2.28. The Kier molecular flexibility index (Phi) is 4.51. The molecule has 0 heterocycles. The molecule has 94 valence electrons. The number of rotatable bonds is 3. The molecule has 0 aromatic heterocycles. The van der Waals surface area contributed by atoms with Crippen molar-refractivity contribution in [3.63, 3.8) is 0 Å². The average Bonchev–Trinajstić information content (AvgIpc) is 2.19. The first-order chi connectivity index (χ1) is 7.36. The van der Waals surface area contributed by atoms with Crippen LogP contribution in [0.2, 0.25) is 0 Å². The monoisotopic (exact) mass is 228 g/mol. The van der Waals surface area contributed by atoms with Gasteiger partial charge in [-0.2, -0.15) is 0 Å². The maximum atomic E-state index is 12.0. The van der Waals surface area contributed by atoms with Gasteiger partial charge in [-0.25, -0.2) is 0 Å². The van der Waals surface area contributed by atoms with Crippen LogP contribution in [0, 0.1) is 11.3 Å². The molecule has 0 spiro atoms. The van der Waals surface area contributed by atoms with Gasteiger partial charge in [0.15, 0.2) is 0 Å². The minimum atomic E-state index is -0.384. The fraction of sp³-hybridized carbons (Fsp3) is 0.923. The van der Waals surface area contributed by atoms with E-state index in [1.54, 1.807) is 7.11 Å². The van der Waals surface area contributed by atoms with Gasteiger partial charge in [-0.15, -0.1) is 0 Å². The molecule has 0 saturated heterocycles. The van der Waals surface area contributed by atoms with Gasteiger partial charge in [0.1, 0.15) is 5.78 Å². The van der Waals surface area contributed by atoms with E-state index in [0.717, 1.165) is 19.3 Å². The molecule has 1 N–H and O–H groups in total. The standard InChI is InChI=1S/C13H24O3/c1-13(2,3)12(15)8-9-10(14)6-5-7-11(9)16-4/h9-11,14H,5-8H2,1-4H3/t9-,10-,11-/m1/s1. The zero-order valence-corrected chi connectivity index (χ0v) is 10.8. The average molecular weight is 228 g/mol. The summed E-state index contributed by atoms with van der Waals surface area (Å²) < 4.78 is 5.38. The van der Waals surface area contributed by atoms with Crippen LogP contribution in [0.25, 0.3) is 0 Å². The molecule has 1 aliphatic rings. The summed E-state index contributed by atoms with van der Waals surface area (Å²) in [5.74, 6) is 0.186. The minimum Gasteiger partial charge on any atom is -0.393 e. The van der Waals surface area contributed by atoms with Crippen molar-refractivity contribution in [3.8, 4) is 0 Å². The Labute approximate surface area is 98.2 Å². The maximum absolute atomic E-state index is 12.0. The number of aliphatic hydroxyl groups excluding tert-OH is 1. The Balaban J connectivity index is 2.65. The number of hydrogen-bond donors (Lipinski definition) is 1. The number of methoxy groups -OCH3 is 1. The molecule has 0 radical (unpaired) electrons. The largest absolute Gasteiger partial charge is 0.393 e. The Bertz CT molecular complexity index is 242. The zero-order valence-electron chi connectivity index (χ0n) is 10.8. The molecular weight excluding hydrogens is 204 g/mol. The van der Waals surface area contributed by atoms with Gasteiger partial charge in [-0.05, 0) is 19.3 Å². The Morgan fingerprint density at radius 1 is 1.38 bits per heavy atom. The van der Waals surface area contributed by atoms with Crippen molar-refractivity contribution in [2.45, 2.75) is 58.7 Å². The highest BCUT2D eigenvalue weighted by Crippen LogP contribution is 2.32. The van der Waals surface area contributed by atoms with Gasteiger partial charge in [-0.1, -0.05) is 20.8 Å². The summed E-state index contributed by atoms with van der Waals surface area (Å²) in [7, 11) is 1.66. The highest BCUT2D eigenvalue weighted by atomic mass is 16.5. The van der Waals surface area contributed by atoms with Crippen LogP contribution in [0.15, 0.2) is 0 Å². The minimum absolute atomic E-state index is 0.0227. The Morgan fingerprint density at radius 3 is 2.50 bits per heavy atom. The SMILES string of the molecule is CO[C@@H]1CCC[C@@H](O)[C@H]1CC(=O)C(C)(C)C. The lowest BCUT2D eigenvalue weighted by molar-refractivity contribution is -0.132. The van der Waals surface area contributed by atoms with E-state index in [0.29, 0.717) is 6.42 Å². The molecule has 0 unspecified atom stereocenters. The first kappa shape index (κ1) is 13.7. The Morgan fingerprint density at radius 2 is 2.00 bits per heavy atom. The van der Waals surface area contributed by atoms with E-state index in [1.165, 1.54) is 0 Å². The summed E-state index contributed by atoms with van der Waals surface area (Å²) in [6.45, 7) is 5.77. The molecule has 3 nitrogen and oxygen atoms in total. The van der Waals surface area contributed by atoms with E-state index in [2.05, 4.69) is 0 Å². The van der Waals surface area contributed by atoms with Gasteiger partial charge >= 0.3 is 0 Å². The molecule has 3 atom stereocenters. The number of carbonyl (C=O) groups is 1. The lowest BCUT2D eigenvalue weighted by Crippen LogP contribution is -2.40. The summed E-state index contributed by atoms with van der Waals surface area (Å²) >= 11 is 0. The number of aliphatic hydroxyl groups is 1. The fourth-order valence-electron chi connectivity index (χ4n) is 2.28. The lowest BCUT2D eigenvalue weighted by atomic mass is 9.76. The highest BCUT2D eigenvalue weighted by Gasteiger charge is 2.36. The molecular formula is C13H24O3. The zero-order chi connectivity index (χ0) is 12.3. The van der Waals surface area contributed by atoms with Crippen molar-refractivity contribution in [2.75, 3.05) is 7.11 Å². The van der Waals surface area contributed by atoms with Gasteiger partial charge in [0.05, 0.1) is 12.2 Å². The first-order valence-electron chi connectivity index (χ1n) is 6.10. The van der Waals surface area contributed by atoms with Crippen LogP contribution in [-0.4, -0.2) is 30.2 Å². The van der Waals surface area contributed by atoms with E-state index in [-0.39, 0.29) is 29.3 Å². The van der Waals surface area contributed by atoms with Gasteiger partial charge < -0.3 is 9.84 Å². The third-order valence-corrected chi connectivity index (χ3v) is 3.52. The van der Waals surface area contributed by atoms with Crippen LogP contribution in [0.4, 0.5) is 0 Å². The molecule has 1 saturated carbocycles. The number of ether oxygens (including phenoxy) is 1. The van der Waals surface area contributed by atoms with Crippen LogP contribution in [0.3, 0.4) is 0 Å². The summed E-state index contributed by atoms with van der Waals surface area (Å²) in [5, 5.41) is 9.95. The molecule has 0 amide bonds. The van der Waals surface area contributed by atoms with E-state index in [4.69, 9.17) is 4.74 Å². The summed E-state index contributed by atoms with van der Waals surface area (Å²) in [4.78, 5) is 12.0. The van der Waals surface area contributed by atoms with E-state index < -0.39 is 0 Å². The second-order valence-electron chi connectivity index (χ2n) is 5.81. The molecule has 0 aromatic carbocycles. The summed E-state index contributed by atoms with van der Waals surface area (Å²) in [6.07, 6.45) is 2.82. The third-order valence-electron chi connectivity index (χ3n) is 3.52. The van der Waals surface area contributed by atoms with E-state index in [1.807, 2.05) is 20.8 Å². The molecule has 1 aliphatic carbocycles. The van der Waals surface area contributed by atoms with Crippen molar-refractivity contribution in [2.24, 2.45) is 11.3 Å². The molecule has 1 fully saturated rings. The lowest BCUT2D eigenvalue weighted by Gasteiger charge is -2.35. The molecule has 3 heteroatoms. The second kappa shape index (κ2) is 5.28. The van der Waals surface area contributed by atoms with Crippen LogP contribution >= 0.6 is 0 Å². The van der Waals surface area contributed by atoms with Crippen molar-refractivity contribution < 1.29 is 14.6 Å². The predicted molar refractivity (Wildman–Crippen MR) is 63.2 cm³/mol. The maximum Gasteiger partial charge on any atom is 0.138 e. The van der Waals surface area contributed by atoms with Crippen LogP contribution in [0.5, 0.6) is 0 Å². The van der Waals surface area contributed by atoms with Gasteiger partial charge in [0.25, 0.3) is 0 Å². The highest BCUT2D eigenvalue weighted by molar-refractivity contribution is 5.83. The van der Waals surface area contributed by atoms with Crippen molar-refractivity contribution in [3.05, 3.63) is 0 Å². The van der Waals surface area contributed by atoms with Gasteiger partial charge in [0, 0.05) is 24.9 Å². The number of carbonyl (C=O) groups excluding carboxylic acids is 1. The molecule has 1 rings (SSSR count). The van der Waals surface area contributed by atoms with E-state index >= 15 is 0 Å². The summed E-state index contributed by atoms with van der Waals surface area (Å²) in [5.41, 5.74) is -0.324. The number of hydrogen-bond acceptors (Lipinski definition) is 3. The Hall–Kier alpha value is -0.410. The van der Waals surface area contributed by atoms with Crippen LogP contribution < -0.4 is 0 Å². The molecule has 0 bridgehead atoms. The number of ketones is 1. The predicted octanol–water partition coefficient (Wildman–Crippen LogP) is 2.17. The van der Waals surface area contributed by atoms with Gasteiger partial charge in [0.2, 0.25) is 0 Å². The molecule has 16 heavy (non-hydrogen) atoms. The van der Waals surface area contributed by atoms with Crippen molar-refractivity contribution in [1.29, 1.82) is 0 Å². The quantitative estimate of drug-likeness (QED) is 0.805.